The zero-order valence-corrected chi connectivity index (χ0v) is 13.2. The van der Waals surface area contributed by atoms with Crippen LogP contribution in [0.25, 0.3) is 0 Å². The number of likely N-dealkylation sites (tertiary alicyclic amines) is 1. The summed E-state index contributed by atoms with van der Waals surface area (Å²) in [6, 6.07) is 0.430. The van der Waals surface area contributed by atoms with E-state index < -0.39 is 5.60 Å². The second-order valence-electron chi connectivity index (χ2n) is 6.90. The van der Waals surface area contributed by atoms with Crippen molar-refractivity contribution in [2.75, 3.05) is 19.6 Å². The minimum Gasteiger partial charge on any atom is -0.444 e. The number of nitrogens with one attached hydrogen (secondary N) is 1. The van der Waals surface area contributed by atoms with Gasteiger partial charge in [-0.3, -0.25) is 0 Å². The van der Waals surface area contributed by atoms with Crippen LogP contribution in [0.3, 0.4) is 0 Å². The molecule has 4 nitrogen and oxygen atoms in total. The topological polar surface area (TPSA) is 41.6 Å². The molecule has 1 unspecified atom stereocenters. The molecule has 1 saturated heterocycles. The first-order chi connectivity index (χ1) is 8.78. The van der Waals surface area contributed by atoms with Gasteiger partial charge in [0.05, 0.1) is 0 Å². The van der Waals surface area contributed by atoms with Crippen LogP contribution in [0.2, 0.25) is 0 Å². The van der Waals surface area contributed by atoms with Gasteiger partial charge in [0.1, 0.15) is 5.60 Å². The summed E-state index contributed by atoms with van der Waals surface area (Å²) < 4.78 is 5.39. The van der Waals surface area contributed by atoms with Gasteiger partial charge in [-0.05, 0) is 52.5 Å². The number of carbonyl (C=O) groups is 1. The molecular formula is C15H30N2O2. The largest absolute Gasteiger partial charge is 0.444 e. The molecule has 0 aromatic rings. The SMILES string of the molecule is CC(C)CCCNC1CCN(C(=O)OC(C)(C)C)C1. The van der Waals surface area contributed by atoms with Crippen molar-refractivity contribution in [1.29, 1.82) is 0 Å². The van der Waals surface area contributed by atoms with Crippen LogP contribution in [0.5, 0.6) is 0 Å². The third kappa shape index (κ3) is 6.81. The van der Waals surface area contributed by atoms with Gasteiger partial charge in [0.2, 0.25) is 0 Å². The minimum atomic E-state index is -0.403. The van der Waals surface area contributed by atoms with Crippen molar-refractivity contribution in [3.63, 3.8) is 0 Å². The number of amides is 1. The number of nitrogens with zero attached hydrogens (tertiary/aromatic N) is 1. The van der Waals surface area contributed by atoms with Gasteiger partial charge < -0.3 is 15.0 Å². The second-order valence-corrected chi connectivity index (χ2v) is 6.90. The minimum absolute atomic E-state index is 0.181. The molecule has 19 heavy (non-hydrogen) atoms. The molecule has 1 aliphatic rings. The first kappa shape index (κ1) is 16.3. The van der Waals surface area contributed by atoms with E-state index in [0.29, 0.717) is 6.04 Å². The molecule has 0 aromatic heterocycles. The molecule has 1 heterocycles. The summed E-state index contributed by atoms with van der Waals surface area (Å²) >= 11 is 0. The van der Waals surface area contributed by atoms with E-state index in [1.807, 2.05) is 25.7 Å². The molecular weight excluding hydrogens is 240 g/mol. The first-order valence-corrected chi connectivity index (χ1v) is 7.49. The lowest BCUT2D eigenvalue weighted by Crippen LogP contribution is -2.38. The van der Waals surface area contributed by atoms with Gasteiger partial charge in [-0.25, -0.2) is 4.79 Å². The lowest BCUT2D eigenvalue weighted by atomic mass is 10.1. The third-order valence-electron chi connectivity index (χ3n) is 3.23. The predicted octanol–water partition coefficient (Wildman–Crippen LogP) is 3.02. The van der Waals surface area contributed by atoms with Crippen molar-refractivity contribution in [1.82, 2.24) is 10.2 Å². The third-order valence-corrected chi connectivity index (χ3v) is 3.23. The van der Waals surface area contributed by atoms with Crippen molar-refractivity contribution >= 4 is 6.09 Å². The maximum absolute atomic E-state index is 11.9. The Balaban J connectivity index is 2.20. The van der Waals surface area contributed by atoms with Crippen molar-refractivity contribution in [2.24, 2.45) is 5.92 Å². The summed E-state index contributed by atoms with van der Waals surface area (Å²) in [5.74, 6) is 0.767. The highest BCUT2D eigenvalue weighted by molar-refractivity contribution is 5.68. The average molecular weight is 270 g/mol. The van der Waals surface area contributed by atoms with Crippen LogP contribution in [0.15, 0.2) is 0 Å². The van der Waals surface area contributed by atoms with Crippen LogP contribution >= 0.6 is 0 Å². The van der Waals surface area contributed by atoms with Crippen LogP contribution in [0, 0.1) is 5.92 Å². The van der Waals surface area contributed by atoms with Crippen LogP contribution in [0.4, 0.5) is 4.79 Å². The molecule has 0 aliphatic carbocycles. The number of rotatable bonds is 5. The first-order valence-electron chi connectivity index (χ1n) is 7.49. The Morgan fingerprint density at radius 1 is 1.42 bits per heavy atom. The lowest BCUT2D eigenvalue weighted by Gasteiger charge is -2.24. The summed E-state index contributed by atoms with van der Waals surface area (Å²) in [5, 5.41) is 3.54. The molecule has 0 radical (unpaired) electrons. The molecule has 1 fully saturated rings. The molecule has 0 aromatic carbocycles. The maximum atomic E-state index is 11.9. The Morgan fingerprint density at radius 3 is 2.68 bits per heavy atom. The van der Waals surface area contributed by atoms with Gasteiger partial charge in [-0.15, -0.1) is 0 Å². The normalized spacial score (nSPS) is 20.1. The zero-order chi connectivity index (χ0) is 14.5. The molecule has 112 valence electrons. The zero-order valence-electron chi connectivity index (χ0n) is 13.2. The van der Waals surface area contributed by atoms with E-state index in [-0.39, 0.29) is 6.09 Å². The number of ether oxygens (including phenoxy) is 1. The number of hydrogen-bond donors (Lipinski definition) is 1. The molecule has 1 atom stereocenters. The van der Waals surface area contributed by atoms with E-state index in [1.54, 1.807) is 0 Å². The highest BCUT2D eigenvalue weighted by Gasteiger charge is 2.29. The van der Waals surface area contributed by atoms with Gasteiger partial charge in [-0.1, -0.05) is 13.8 Å². The molecule has 1 N–H and O–H groups in total. The van der Waals surface area contributed by atoms with Crippen LogP contribution in [-0.4, -0.2) is 42.3 Å². The maximum Gasteiger partial charge on any atom is 0.410 e. The van der Waals surface area contributed by atoms with E-state index in [4.69, 9.17) is 4.74 Å². The van der Waals surface area contributed by atoms with Gasteiger partial charge >= 0.3 is 6.09 Å². The van der Waals surface area contributed by atoms with Crippen LogP contribution in [-0.2, 0) is 4.74 Å². The van der Waals surface area contributed by atoms with Gasteiger partial charge in [0.25, 0.3) is 0 Å². The highest BCUT2D eigenvalue weighted by atomic mass is 16.6. The van der Waals surface area contributed by atoms with Crippen molar-refractivity contribution in [3.8, 4) is 0 Å². The fraction of sp³-hybridized carbons (Fsp3) is 0.933. The standard InChI is InChI=1S/C15H30N2O2/c1-12(2)7-6-9-16-13-8-10-17(11-13)14(18)19-15(3,4)5/h12-13,16H,6-11H2,1-5H3. The Morgan fingerprint density at radius 2 is 2.11 bits per heavy atom. The monoisotopic (exact) mass is 270 g/mol. The van der Waals surface area contributed by atoms with E-state index in [1.165, 1.54) is 12.8 Å². The summed E-state index contributed by atoms with van der Waals surface area (Å²) in [7, 11) is 0. The lowest BCUT2D eigenvalue weighted by molar-refractivity contribution is 0.0291. The van der Waals surface area contributed by atoms with Crippen LogP contribution < -0.4 is 5.32 Å². The fourth-order valence-corrected chi connectivity index (χ4v) is 2.24. The molecule has 1 rings (SSSR count). The van der Waals surface area contributed by atoms with Gasteiger partial charge in [0, 0.05) is 19.1 Å². The molecule has 0 spiro atoms. The molecule has 1 amide bonds. The molecule has 0 bridgehead atoms. The number of hydrogen-bond acceptors (Lipinski definition) is 3. The van der Waals surface area contributed by atoms with E-state index in [0.717, 1.165) is 32.0 Å². The Labute approximate surface area is 117 Å². The average Bonchev–Trinajstić information content (AvgIpc) is 2.70. The Hall–Kier alpha value is -0.770. The van der Waals surface area contributed by atoms with Crippen LogP contribution in [0.1, 0.15) is 53.9 Å². The Bertz CT molecular complexity index is 284. The van der Waals surface area contributed by atoms with Gasteiger partial charge in [-0.2, -0.15) is 0 Å². The summed E-state index contributed by atoms with van der Waals surface area (Å²) in [6.07, 6.45) is 3.32. The molecule has 4 heteroatoms. The second kappa shape index (κ2) is 7.13. The molecule has 0 saturated carbocycles. The highest BCUT2D eigenvalue weighted by Crippen LogP contribution is 2.15. The predicted molar refractivity (Wildman–Crippen MR) is 78.3 cm³/mol. The number of carbonyl (C=O) groups excluding carboxylic acids is 1. The molecule has 1 aliphatic heterocycles. The van der Waals surface area contributed by atoms with E-state index in [9.17, 15) is 4.79 Å². The fourth-order valence-electron chi connectivity index (χ4n) is 2.24. The summed E-state index contributed by atoms with van der Waals surface area (Å²) in [4.78, 5) is 13.7. The van der Waals surface area contributed by atoms with E-state index >= 15 is 0 Å². The van der Waals surface area contributed by atoms with Crippen molar-refractivity contribution < 1.29 is 9.53 Å². The summed E-state index contributed by atoms with van der Waals surface area (Å²) in [6.45, 7) is 12.8. The van der Waals surface area contributed by atoms with Crippen molar-refractivity contribution in [3.05, 3.63) is 0 Å². The van der Waals surface area contributed by atoms with Crippen molar-refractivity contribution in [2.45, 2.75) is 65.5 Å². The van der Waals surface area contributed by atoms with E-state index in [2.05, 4.69) is 19.2 Å². The Kier molecular flexibility index (Phi) is 6.11. The van der Waals surface area contributed by atoms with Gasteiger partial charge in [0.15, 0.2) is 0 Å². The smallest absolute Gasteiger partial charge is 0.410 e. The summed E-state index contributed by atoms with van der Waals surface area (Å²) in [5.41, 5.74) is -0.403. The quantitative estimate of drug-likeness (QED) is 0.781.